The van der Waals surface area contributed by atoms with Gasteiger partial charge in [0, 0.05) is 25.6 Å². The molecule has 1 unspecified atom stereocenters. The molecular formula is C18H29N3O. The van der Waals surface area contributed by atoms with Crippen molar-refractivity contribution in [2.45, 2.75) is 58.2 Å². The second-order valence-corrected chi connectivity index (χ2v) is 6.30. The second-order valence-electron chi connectivity index (χ2n) is 6.30. The monoisotopic (exact) mass is 303 g/mol. The van der Waals surface area contributed by atoms with E-state index in [9.17, 15) is 4.79 Å². The fourth-order valence-electron chi connectivity index (χ4n) is 2.94. The van der Waals surface area contributed by atoms with Gasteiger partial charge in [-0.1, -0.05) is 30.7 Å². The van der Waals surface area contributed by atoms with Crippen molar-refractivity contribution in [1.82, 2.24) is 10.2 Å². The SMILES string of the molecule is CC1CCCCN1Cc1ccc(CNC(=O)CCCN)cc1. The van der Waals surface area contributed by atoms with Gasteiger partial charge in [-0.05, 0) is 50.4 Å². The summed E-state index contributed by atoms with van der Waals surface area (Å²) >= 11 is 0. The van der Waals surface area contributed by atoms with Crippen LogP contribution in [0.15, 0.2) is 24.3 Å². The largest absolute Gasteiger partial charge is 0.352 e. The van der Waals surface area contributed by atoms with E-state index in [1.54, 1.807) is 0 Å². The van der Waals surface area contributed by atoms with Crippen LogP contribution < -0.4 is 11.1 Å². The number of carbonyl (C=O) groups is 1. The highest BCUT2D eigenvalue weighted by Crippen LogP contribution is 2.19. The van der Waals surface area contributed by atoms with Gasteiger partial charge in [-0.25, -0.2) is 0 Å². The van der Waals surface area contributed by atoms with Gasteiger partial charge in [-0.2, -0.15) is 0 Å². The Labute approximate surface area is 134 Å². The number of hydrogen-bond acceptors (Lipinski definition) is 3. The molecule has 0 bridgehead atoms. The fraction of sp³-hybridized carbons (Fsp3) is 0.611. The van der Waals surface area contributed by atoms with Crippen LogP contribution in [0.1, 0.15) is 50.2 Å². The molecule has 1 aliphatic heterocycles. The van der Waals surface area contributed by atoms with Crippen LogP contribution in [0.4, 0.5) is 0 Å². The summed E-state index contributed by atoms with van der Waals surface area (Å²) in [4.78, 5) is 14.1. The second kappa shape index (κ2) is 8.91. The van der Waals surface area contributed by atoms with Crippen molar-refractivity contribution in [1.29, 1.82) is 0 Å². The number of carbonyl (C=O) groups excluding carboxylic acids is 1. The van der Waals surface area contributed by atoms with Crippen LogP contribution in [0.2, 0.25) is 0 Å². The first-order valence-electron chi connectivity index (χ1n) is 8.47. The number of nitrogens with two attached hydrogens (primary N) is 1. The number of hydrogen-bond donors (Lipinski definition) is 2. The van der Waals surface area contributed by atoms with Gasteiger partial charge in [0.2, 0.25) is 5.91 Å². The molecule has 1 aromatic carbocycles. The van der Waals surface area contributed by atoms with E-state index in [-0.39, 0.29) is 5.91 Å². The highest BCUT2D eigenvalue weighted by atomic mass is 16.1. The van der Waals surface area contributed by atoms with Crippen LogP contribution in [-0.2, 0) is 17.9 Å². The highest BCUT2D eigenvalue weighted by Gasteiger charge is 2.17. The Balaban J connectivity index is 1.78. The van der Waals surface area contributed by atoms with Crippen molar-refractivity contribution >= 4 is 5.91 Å². The third-order valence-electron chi connectivity index (χ3n) is 4.45. The van der Waals surface area contributed by atoms with Gasteiger partial charge in [0.05, 0.1) is 0 Å². The van der Waals surface area contributed by atoms with E-state index >= 15 is 0 Å². The molecule has 0 aliphatic carbocycles. The summed E-state index contributed by atoms with van der Waals surface area (Å²) in [7, 11) is 0. The molecule has 4 heteroatoms. The number of likely N-dealkylation sites (tertiary alicyclic amines) is 1. The molecule has 0 spiro atoms. The van der Waals surface area contributed by atoms with Crippen molar-refractivity contribution in [3.8, 4) is 0 Å². The van der Waals surface area contributed by atoms with Gasteiger partial charge in [0.15, 0.2) is 0 Å². The molecule has 1 fully saturated rings. The van der Waals surface area contributed by atoms with Crippen molar-refractivity contribution in [3.05, 3.63) is 35.4 Å². The van der Waals surface area contributed by atoms with Crippen molar-refractivity contribution in [2.24, 2.45) is 5.73 Å². The zero-order chi connectivity index (χ0) is 15.8. The van der Waals surface area contributed by atoms with Crippen LogP contribution in [0.3, 0.4) is 0 Å². The lowest BCUT2D eigenvalue weighted by atomic mass is 10.0. The average Bonchev–Trinajstić information content (AvgIpc) is 2.54. The molecule has 1 aromatic rings. The van der Waals surface area contributed by atoms with Gasteiger partial charge < -0.3 is 11.1 Å². The molecule has 0 aromatic heterocycles. The quantitative estimate of drug-likeness (QED) is 0.813. The summed E-state index contributed by atoms with van der Waals surface area (Å²) in [6, 6.07) is 9.29. The standard InChI is InChI=1S/C18H29N3O/c1-15-5-2-3-12-21(15)14-17-9-7-16(8-10-17)13-20-18(22)6-4-11-19/h7-10,15H,2-6,11-14,19H2,1H3,(H,20,22). The zero-order valence-electron chi connectivity index (χ0n) is 13.7. The normalized spacial score (nSPS) is 19.1. The van der Waals surface area contributed by atoms with E-state index in [1.165, 1.54) is 31.4 Å². The van der Waals surface area contributed by atoms with Crippen LogP contribution in [0.5, 0.6) is 0 Å². The molecule has 1 heterocycles. The molecule has 22 heavy (non-hydrogen) atoms. The first-order valence-corrected chi connectivity index (χ1v) is 8.47. The van der Waals surface area contributed by atoms with E-state index in [0.717, 1.165) is 18.5 Å². The number of benzene rings is 1. The molecule has 0 saturated carbocycles. The smallest absolute Gasteiger partial charge is 0.220 e. The number of piperidine rings is 1. The Kier molecular flexibility index (Phi) is 6.87. The Morgan fingerprint density at radius 1 is 1.27 bits per heavy atom. The highest BCUT2D eigenvalue weighted by molar-refractivity contribution is 5.75. The summed E-state index contributed by atoms with van der Waals surface area (Å²) in [5.41, 5.74) is 7.91. The van der Waals surface area contributed by atoms with Gasteiger partial charge in [0.25, 0.3) is 0 Å². The summed E-state index contributed by atoms with van der Waals surface area (Å²) in [5, 5.41) is 2.94. The summed E-state index contributed by atoms with van der Waals surface area (Å²) in [6.07, 6.45) is 5.25. The number of rotatable bonds is 7. The van der Waals surface area contributed by atoms with Crippen molar-refractivity contribution < 1.29 is 4.79 Å². The topological polar surface area (TPSA) is 58.4 Å². The Hall–Kier alpha value is -1.39. The molecule has 2 rings (SSSR count). The van der Waals surface area contributed by atoms with E-state index < -0.39 is 0 Å². The van der Waals surface area contributed by atoms with Gasteiger partial charge in [-0.3, -0.25) is 9.69 Å². The number of nitrogens with zero attached hydrogens (tertiary/aromatic N) is 1. The van der Waals surface area contributed by atoms with E-state index in [4.69, 9.17) is 5.73 Å². The summed E-state index contributed by atoms with van der Waals surface area (Å²) in [5.74, 6) is 0.0802. The van der Waals surface area contributed by atoms with E-state index in [2.05, 4.69) is 41.4 Å². The predicted octanol–water partition coefficient (Wildman–Crippen LogP) is 2.42. The van der Waals surface area contributed by atoms with E-state index in [1.807, 2.05) is 0 Å². The minimum absolute atomic E-state index is 0.0802. The minimum atomic E-state index is 0.0802. The van der Waals surface area contributed by atoms with Crippen molar-refractivity contribution in [3.63, 3.8) is 0 Å². The molecule has 122 valence electrons. The predicted molar refractivity (Wildman–Crippen MR) is 90.3 cm³/mol. The molecule has 1 aliphatic rings. The summed E-state index contributed by atoms with van der Waals surface area (Å²) < 4.78 is 0. The Bertz CT molecular complexity index is 458. The van der Waals surface area contributed by atoms with E-state index in [0.29, 0.717) is 25.6 Å². The third-order valence-corrected chi connectivity index (χ3v) is 4.45. The van der Waals surface area contributed by atoms with Gasteiger partial charge in [0.1, 0.15) is 0 Å². The van der Waals surface area contributed by atoms with Gasteiger partial charge >= 0.3 is 0 Å². The molecule has 4 nitrogen and oxygen atoms in total. The number of nitrogens with one attached hydrogen (secondary N) is 1. The summed E-state index contributed by atoms with van der Waals surface area (Å²) in [6.45, 7) is 5.73. The van der Waals surface area contributed by atoms with Gasteiger partial charge in [-0.15, -0.1) is 0 Å². The first-order chi connectivity index (χ1) is 10.7. The Morgan fingerprint density at radius 3 is 2.68 bits per heavy atom. The maximum absolute atomic E-state index is 11.6. The van der Waals surface area contributed by atoms with Crippen LogP contribution >= 0.6 is 0 Å². The molecule has 1 amide bonds. The maximum Gasteiger partial charge on any atom is 0.220 e. The van der Waals surface area contributed by atoms with Crippen molar-refractivity contribution in [2.75, 3.05) is 13.1 Å². The molecule has 1 atom stereocenters. The zero-order valence-corrected chi connectivity index (χ0v) is 13.7. The van der Waals surface area contributed by atoms with Crippen LogP contribution in [0, 0.1) is 0 Å². The lowest BCUT2D eigenvalue weighted by molar-refractivity contribution is -0.121. The lowest BCUT2D eigenvalue weighted by Gasteiger charge is -2.33. The molecule has 1 saturated heterocycles. The van der Waals surface area contributed by atoms with Crippen LogP contribution in [0.25, 0.3) is 0 Å². The fourth-order valence-corrected chi connectivity index (χ4v) is 2.94. The number of amides is 1. The third kappa shape index (κ3) is 5.43. The van der Waals surface area contributed by atoms with Crippen LogP contribution in [-0.4, -0.2) is 29.9 Å². The minimum Gasteiger partial charge on any atom is -0.352 e. The first kappa shape index (κ1) is 17.0. The molecule has 0 radical (unpaired) electrons. The maximum atomic E-state index is 11.6. The average molecular weight is 303 g/mol. The molecular weight excluding hydrogens is 274 g/mol. The lowest BCUT2D eigenvalue weighted by Crippen LogP contribution is -2.36. The Morgan fingerprint density at radius 2 is 2.00 bits per heavy atom. The molecule has 3 N–H and O–H groups in total.